The zero-order chi connectivity index (χ0) is 27.8. The van der Waals surface area contributed by atoms with Crippen molar-refractivity contribution >= 4 is 17.1 Å². The highest BCUT2D eigenvalue weighted by Crippen LogP contribution is 2.41. The minimum Gasteiger partial charge on any atom is -0.508 e. The van der Waals surface area contributed by atoms with Crippen molar-refractivity contribution < 1.29 is 19.0 Å². The van der Waals surface area contributed by atoms with Gasteiger partial charge in [0, 0.05) is 33.3 Å². The van der Waals surface area contributed by atoms with E-state index in [9.17, 15) is 19.6 Å². The highest BCUT2D eigenvalue weighted by atomic mass is 19.1. The van der Waals surface area contributed by atoms with Crippen molar-refractivity contribution in [3.05, 3.63) is 106 Å². The summed E-state index contributed by atoms with van der Waals surface area (Å²) in [7, 11) is 3.42. The summed E-state index contributed by atoms with van der Waals surface area (Å²) >= 11 is 0. The minimum atomic E-state index is -0.533. The molecule has 4 rings (SSSR count). The number of phenolic OH excluding ortho intramolecular Hbond substituents is 1. The zero-order valence-electron chi connectivity index (χ0n) is 22.2. The van der Waals surface area contributed by atoms with Crippen LogP contribution in [0, 0.1) is 17.1 Å². The molecule has 1 aliphatic carbocycles. The molecule has 3 aromatic rings. The van der Waals surface area contributed by atoms with E-state index in [0.717, 1.165) is 58.4 Å². The van der Waals surface area contributed by atoms with Crippen molar-refractivity contribution in [1.29, 1.82) is 5.26 Å². The van der Waals surface area contributed by atoms with Crippen LogP contribution in [-0.2, 0) is 11.2 Å². The van der Waals surface area contributed by atoms with Crippen LogP contribution in [0.5, 0.6) is 11.5 Å². The predicted molar refractivity (Wildman–Crippen MR) is 151 cm³/mol. The highest BCUT2D eigenvalue weighted by Gasteiger charge is 2.21. The Morgan fingerprint density at radius 2 is 1.87 bits per heavy atom. The molecule has 7 heteroatoms. The van der Waals surface area contributed by atoms with Crippen molar-refractivity contribution in [2.45, 2.75) is 19.3 Å². The number of aryl methyl sites for hydroxylation is 1. The Kier molecular flexibility index (Phi) is 9.14. The Morgan fingerprint density at radius 3 is 2.59 bits per heavy atom. The smallest absolute Gasteiger partial charge is 0.245 e. The zero-order valence-corrected chi connectivity index (χ0v) is 22.2. The molecule has 39 heavy (non-hydrogen) atoms. The van der Waals surface area contributed by atoms with Crippen LogP contribution in [0.1, 0.15) is 40.7 Å². The topological polar surface area (TPSA) is 85.6 Å². The van der Waals surface area contributed by atoms with Crippen LogP contribution in [0.25, 0.3) is 11.1 Å². The quantitative estimate of drug-likeness (QED) is 0.292. The second-order valence-electron chi connectivity index (χ2n) is 9.57. The number of allylic oxidation sites excluding steroid dienone is 1. The van der Waals surface area contributed by atoms with Gasteiger partial charge in [-0.2, -0.15) is 5.26 Å². The van der Waals surface area contributed by atoms with Gasteiger partial charge in [0.2, 0.25) is 5.91 Å². The second-order valence-corrected chi connectivity index (χ2v) is 9.57. The number of nitrogens with one attached hydrogen (secondary N) is 1. The molecule has 0 spiro atoms. The van der Waals surface area contributed by atoms with Gasteiger partial charge in [0.1, 0.15) is 30.0 Å². The van der Waals surface area contributed by atoms with E-state index in [1.165, 1.54) is 23.1 Å². The molecule has 200 valence electrons. The number of likely N-dealkylation sites (N-methyl/N-ethyl adjacent to an activating group) is 1. The number of nitriles is 1. The van der Waals surface area contributed by atoms with Crippen LogP contribution in [-0.4, -0.2) is 49.7 Å². The molecule has 6 nitrogen and oxygen atoms in total. The molecule has 0 aliphatic heterocycles. The van der Waals surface area contributed by atoms with Crippen LogP contribution in [0.15, 0.2) is 72.8 Å². The SMILES string of the molecule is CN(C)C(=O)/C=C/CNCCOc1ccc(C2=C(c3ccc(C#N)c(F)c3)CCCc3cc(O)ccc32)cc1. The summed E-state index contributed by atoms with van der Waals surface area (Å²) in [6.07, 6.45) is 5.70. The van der Waals surface area contributed by atoms with Gasteiger partial charge in [-0.15, -0.1) is 0 Å². The van der Waals surface area contributed by atoms with Gasteiger partial charge in [-0.05, 0) is 89.1 Å². The van der Waals surface area contributed by atoms with E-state index >= 15 is 0 Å². The summed E-state index contributed by atoms with van der Waals surface area (Å²) in [6.45, 7) is 1.66. The maximum Gasteiger partial charge on any atom is 0.245 e. The van der Waals surface area contributed by atoms with Crippen molar-refractivity contribution in [2.75, 3.05) is 33.8 Å². The molecule has 0 saturated heterocycles. The first-order valence-corrected chi connectivity index (χ1v) is 12.9. The van der Waals surface area contributed by atoms with Crippen LogP contribution in [0.3, 0.4) is 0 Å². The molecule has 0 heterocycles. The summed E-state index contributed by atoms with van der Waals surface area (Å²) in [4.78, 5) is 13.1. The molecular formula is C32H32FN3O3. The average Bonchev–Trinajstić information content (AvgIpc) is 3.11. The van der Waals surface area contributed by atoms with E-state index in [1.807, 2.05) is 36.4 Å². The molecule has 0 bridgehead atoms. The number of benzene rings is 3. The van der Waals surface area contributed by atoms with E-state index in [2.05, 4.69) is 5.32 Å². The lowest BCUT2D eigenvalue weighted by Crippen LogP contribution is -2.22. The normalized spacial score (nSPS) is 13.1. The number of carbonyl (C=O) groups excluding carboxylic acids is 1. The molecule has 0 saturated carbocycles. The molecule has 3 aromatic carbocycles. The number of aromatic hydroxyl groups is 1. The first kappa shape index (κ1) is 27.6. The molecule has 0 unspecified atom stereocenters. The summed E-state index contributed by atoms with van der Waals surface area (Å²) in [5.74, 6) is 0.362. The fourth-order valence-corrected chi connectivity index (χ4v) is 4.64. The van der Waals surface area contributed by atoms with Gasteiger partial charge >= 0.3 is 0 Å². The lowest BCUT2D eigenvalue weighted by Gasteiger charge is -2.17. The summed E-state index contributed by atoms with van der Waals surface area (Å²) < 4.78 is 20.5. The number of carbonyl (C=O) groups is 1. The molecule has 0 atom stereocenters. The molecule has 1 aliphatic rings. The van der Waals surface area contributed by atoms with Crippen molar-refractivity contribution in [1.82, 2.24) is 10.2 Å². The fourth-order valence-electron chi connectivity index (χ4n) is 4.64. The molecular weight excluding hydrogens is 493 g/mol. The van der Waals surface area contributed by atoms with E-state index in [1.54, 1.807) is 38.4 Å². The summed E-state index contributed by atoms with van der Waals surface area (Å²) in [5.41, 5.74) is 5.76. The lowest BCUT2D eigenvalue weighted by atomic mass is 9.87. The minimum absolute atomic E-state index is 0.0221. The third kappa shape index (κ3) is 6.92. The molecule has 2 N–H and O–H groups in total. The van der Waals surface area contributed by atoms with Gasteiger partial charge in [0.25, 0.3) is 0 Å². The van der Waals surface area contributed by atoms with Crippen molar-refractivity contribution in [2.24, 2.45) is 0 Å². The van der Waals surface area contributed by atoms with E-state index < -0.39 is 5.82 Å². The number of hydrogen-bond donors (Lipinski definition) is 2. The molecule has 0 fully saturated rings. The van der Waals surface area contributed by atoms with Crippen molar-refractivity contribution in [3.63, 3.8) is 0 Å². The largest absolute Gasteiger partial charge is 0.508 e. The van der Waals surface area contributed by atoms with Crippen LogP contribution in [0.4, 0.5) is 4.39 Å². The standard InChI is InChI=1S/C32H32FN3O3/c1-36(2)31(38)7-4-16-35-17-18-39-27-13-10-22(11-14-27)32-28(24-8-9-25(21-34)30(33)20-24)6-3-5-23-19-26(37)12-15-29(23)32/h4,7-15,19-20,35,37H,3,5-6,16-18H2,1-2H3/b7-4+. The highest BCUT2D eigenvalue weighted by molar-refractivity contribution is 6.00. The van der Waals surface area contributed by atoms with Crippen LogP contribution >= 0.6 is 0 Å². The number of hydrogen-bond acceptors (Lipinski definition) is 5. The Labute approximate surface area is 228 Å². The van der Waals surface area contributed by atoms with Gasteiger partial charge < -0.3 is 20.1 Å². The van der Waals surface area contributed by atoms with Gasteiger partial charge in [0.05, 0.1) is 5.56 Å². The maximum absolute atomic E-state index is 14.6. The third-order valence-corrected chi connectivity index (χ3v) is 6.62. The molecule has 1 amide bonds. The van der Waals surface area contributed by atoms with Crippen LogP contribution < -0.4 is 10.1 Å². The van der Waals surface area contributed by atoms with E-state index in [4.69, 9.17) is 4.74 Å². The fraction of sp³-hybridized carbons (Fsp3) is 0.250. The van der Waals surface area contributed by atoms with Gasteiger partial charge in [-0.1, -0.05) is 30.3 Å². The number of ether oxygens (including phenoxy) is 1. The Morgan fingerprint density at radius 1 is 1.10 bits per heavy atom. The Bertz CT molecular complexity index is 1440. The van der Waals surface area contributed by atoms with Gasteiger partial charge in [0.15, 0.2) is 0 Å². The lowest BCUT2D eigenvalue weighted by molar-refractivity contribution is -0.123. The number of halogens is 1. The number of fused-ring (bicyclic) bond motifs is 1. The first-order valence-electron chi connectivity index (χ1n) is 12.9. The number of rotatable bonds is 9. The van der Waals surface area contributed by atoms with Gasteiger partial charge in [-0.3, -0.25) is 4.79 Å². The Balaban J connectivity index is 1.55. The summed E-state index contributed by atoms with van der Waals surface area (Å²) in [6, 6.07) is 19.9. The predicted octanol–water partition coefficient (Wildman–Crippen LogP) is 5.31. The second kappa shape index (κ2) is 12.9. The first-order chi connectivity index (χ1) is 18.9. The molecule has 0 radical (unpaired) electrons. The molecule has 0 aromatic heterocycles. The average molecular weight is 526 g/mol. The third-order valence-electron chi connectivity index (χ3n) is 6.62. The summed E-state index contributed by atoms with van der Waals surface area (Å²) in [5, 5.41) is 22.5. The number of nitrogens with zero attached hydrogens (tertiary/aromatic N) is 2. The van der Waals surface area contributed by atoms with Gasteiger partial charge in [-0.25, -0.2) is 4.39 Å². The Hall–Kier alpha value is -4.41. The monoisotopic (exact) mass is 525 g/mol. The van der Waals surface area contributed by atoms with Crippen LogP contribution in [0.2, 0.25) is 0 Å². The van der Waals surface area contributed by atoms with Crippen molar-refractivity contribution in [3.8, 4) is 17.6 Å². The number of amides is 1. The van der Waals surface area contributed by atoms with E-state index in [-0.39, 0.29) is 17.2 Å². The maximum atomic E-state index is 14.6. The van der Waals surface area contributed by atoms with E-state index in [0.29, 0.717) is 19.7 Å². The number of phenols is 1.